The average molecular weight is 451 g/mol. The Bertz CT molecular complexity index is 1440. The summed E-state index contributed by atoms with van der Waals surface area (Å²) in [5.41, 5.74) is 3.78. The van der Waals surface area contributed by atoms with E-state index in [9.17, 15) is 4.79 Å². The number of thiophene rings is 1. The molecule has 0 aliphatic rings. The third-order valence-corrected chi connectivity index (χ3v) is 6.78. The van der Waals surface area contributed by atoms with E-state index in [4.69, 9.17) is 8.83 Å². The second-order valence-corrected chi connectivity index (χ2v) is 9.27. The molecule has 0 spiro atoms. The second-order valence-electron chi connectivity index (χ2n) is 7.14. The topological polar surface area (TPSA) is 97.8 Å². The van der Waals surface area contributed by atoms with Gasteiger partial charge in [0.2, 0.25) is 0 Å². The number of fused-ring (bicyclic) bond motifs is 1. The van der Waals surface area contributed by atoms with Crippen molar-refractivity contribution < 1.29 is 8.83 Å². The first-order valence-electron chi connectivity index (χ1n) is 9.59. The predicted octanol–water partition coefficient (Wildman–Crippen LogP) is 5.51. The fraction of sp³-hybridized carbons (Fsp3) is 0.182. The first kappa shape index (κ1) is 19.8. The SMILES string of the molecule is Cc1ccc(-c2c(C)sc3nc(CSc4nnc(-c5ccoc5C)o4)[nH]c(=O)c23)cc1. The number of H-pyrrole nitrogens is 1. The third-order valence-electron chi connectivity index (χ3n) is 4.96. The molecule has 0 fully saturated rings. The molecule has 7 nitrogen and oxygen atoms in total. The van der Waals surface area contributed by atoms with Gasteiger partial charge in [0.15, 0.2) is 0 Å². The van der Waals surface area contributed by atoms with Gasteiger partial charge >= 0.3 is 0 Å². The molecule has 4 heterocycles. The highest BCUT2D eigenvalue weighted by molar-refractivity contribution is 7.98. The van der Waals surface area contributed by atoms with Crippen LogP contribution >= 0.6 is 23.1 Å². The molecule has 0 saturated heterocycles. The van der Waals surface area contributed by atoms with Crippen LogP contribution in [0.5, 0.6) is 0 Å². The fourth-order valence-electron chi connectivity index (χ4n) is 3.41. The number of thioether (sulfide) groups is 1. The van der Waals surface area contributed by atoms with Gasteiger partial charge in [0.25, 0.3) is 16.7 Å². The maximum atomic E-state index is 12.9. The van der Waals surface area contributed by atoms with E-state index in [0.717, 1.165) is 26.4 Å². The van der Waals surface area contributed by atoms with Crippen molar-refractivity contribution in [3.8, 4) is 22.6 Å². The number of hydrogen-bond donors (Lipinski definition) is 1. The van der Waals surface area contributed by atoms with Crippen molar-refractivity contribution in [2.75, 3.05) is 0 Å². The molecule has 0 aliphatic heterocycles. The van der Waals surface area contributed by atoms with E-state index < -0.39 is 0 Å². The molecule has 0 amide bonds. The van der Waals surface area contributed by atoms with E-state index >= 15 is 0 Å². The van der Waals surface area contributed by atoms with Crippen molar-refractivity contribution in [1.82, 2.24) is 20.2 Å². The molecular formula is C22H18N4O3S2. The summed E-state index contributed by atoms with van der Waals surface area (Å²) < 4.78 is 11.0. The van der Waals surface area contributed by atoms with Gasteiger partial charge < -0.3 is 13.8 Å². The molecule has 5 aromatic rings. The van der Waals surface area contributed by atoms with Gasteiger partial charge in [0.1, 0.15) is 16.4 Å². The Morgan fingerprint density at radius 2 is 1.90 bits per heavy atom. The summed E-state index contributed by atoms with van der Waals surface area (Å²) in [5, 5.41) is 9.17. The molecule has 4 aromatic heterocycles. The summed E-state index contributed by atoms with van der Waals surface area (Å²) in [7, 11) is 0. The minimum atomic E-state index is -0.138. The van der Waals surface area contributed by atoms with Crippen LogP contribution in [0.4, 0.5) is 0 Å². The van der Waals surface area contributed by atoms with Crippen molar-refractivity contribution in [2.45, 2.75) is 31.7 Å². The van der Waals surface area contributed by atoms with Crippen LogP contribution in [0.2, 0.25) is 0 Å². The first-order chi connectivity index (χ1) is 15.0. The minimum Gasteiger partial charge on any atom is -0.469 e. The molecular weight excluding hydrogens is 432 g/mol. The average Bonchev–Trinajstić information content (AvgIpc) is 3.45. The lowest BCUT2D eigenvalue weighted by atomic mass is 10.0. The van der Waals surface area contributed by atoms with Gasteiger partial charge in [-0.1, -0.05) is 41.6 Å². The summed E-state index contributed by atoms with van der Waals surface area (Å²) in [6.45, 7) is 5.90. The molecule has 1 aromatic carbocycles. The first-order valence-corrected chi connectivity index (χ1v) is 11.4. The van der Waals surface area contributed by atoms with E-state index in [2.05, 4.69) is 32.3 Å². The van der Waals surface area contributed by atoms with Crippen LogP contribution in [-0.4, -0.2) is 20.2 Å². The van der Waals surface area contributed by atoms with E-state index in [-0.39, 0.29) is 5.56 Å². The van der Waals surface area contributed by atoms with Gasteiger partial charge in [0.05, 0.1) is 23.0 Å². The zero-order valence-corrected chi connectivity index (χ0v) is 18.7. The molecule has 156 valence electrons. The number of benzene rings is 1. The summed E-state index contributed by atoms with van der Waals surface area (Å²) in [5.74, 6) is 2.10. The molecule has 0 bridgehead atoms. The Hall–Kier alpha value is -3.17. The maximum Gasteiger partial charge on any atom is 0.277 e. The largest absolute Gasteiger partial charge is 0.469 e. The Morgan fingerprint density at radius 3 is 2.65 bits per heavy atom. The van der Waals surface area contributed by atoms with Crippen LogP contribution in [0.15, 0.2) is 55.4 Å². The molecule has 0 radical (unpaired) electrons. The van der Waals surface area contributed by atoms with Crippen molar-refractivity contribution in [2.24, 2.45) is 0 Å². The van der Waals surface area contributed by atoms with E-state index in [1.54, 1.807) is 12.3 Å². The zero-order valence-electron chi connectivity index (χ0n) is 17.1. The van der Waals surface area contributed by atoms with Crippen molar-refractivity contribution in [3.05, 3.63) is 69.0 Å². The third kappa shape index (κ3) is 3.70. The summed E-state index contributed by atoms with van der Waals surface area (Å²) >= 11 is 2.85. The highest BCUT2D eigenvalue weighted by Crippen LogP contribution is 2.36. The van der Waals surface area contributed by atoms with Crippen molar-refractivity contribution in [1.29, 1.82) is 0 Å². The monoisotopic (exact) mass is 450 g/mol. The van der Waals surface area contributed by atoms with Crippen molar-refractivity contribution in [3.63, 3.8) is 0 Å². The second kappa shape index (κ2) is 7.82. The molecule has 31 heavy (non-hydrogen) atoms. The van der Waals surface area contributed by atoms with Crippen LogP contribution in [0, 0.1) is 20.8 Å². The Kier molecular flexibility index (Phi) is 4.99. The summed E-state index contributed by atoms with van der Waals surface area (Å²) in [6.07, 6.45) is 1.58. The highest BCUT2D eigenvalue weighted by atomic mass is 32.2. The predicted molar refractivity (Wildman–Crippen MR) is 121 cm³/mol. The summed E-state index contributed by atoms with van der Waals surface area (Å²) in [6, 6.07) is 9.97. The molecule has 9 heteroatoms. The number of nitrogens with one attached hydrogen (secondary N) is 1. The lowest BCUT2D eigenvalue weighted by Crippen LogP contribution is -2.10. The number of aryl methyl sites for hydroxylation is 3. The maximum absolute atomic E-state index is 12.9. The minimum absolute atomic E-state index is 0.138. The Labute approximate surface area is 185 Å². The fourth-order valence-corrected chi connectivity index (χ4v) is 5.11. The van der Waals surface area contributed by atoms with Gasteiger partial charge in [0, 0.05) is 10.4 Å². The molecule has 5 rings (SSSR count). The van der Waals surface area contributed by atoms with Gasteiger partial charge in [-0.2, -0.15) is 0 Å². The van der Waals surface area contributed by atoms with Crippen LogP contribution < -0.4 is 5.56 Å². The van der Waals surface area contributed by atoms with E-state index in [0.29, 0.717) is 33.8 Å². The number of aromatic amines is 1. The smallest absolute Gasteiger partial charge is 0.277 e. The van der Waals surface area contributed by atoms with Gasteiger partial charge in [-0.05, 0) is 32.4 Å². The van der Waals surface area contributed by atoms with E-state index in [1.807, 2.05) is 32.9 Å². The lowest BCUT2D eigenvalue weighted by molar-refractivity contribution is 0.463. The molecule has 0 saturated carbocycles. The van der Waals surface area contributed by atoms with Crippen LogP contribution in [0.3, 0.4) is 0 Å². The number of rotatable bonds is 5. The Morgan fingerprint density at radius 1 is 1.10 bits per heavy atom. The lowest BCUT2D eigenvalue weighted by Gasteiger charge is -2.03. The molecule has 0 aliphatic carbocycles. The number of aromatic nitrogens is 4. The van der Waals surface area contributed by atoms with Crippen LogP contribution in [-0.2, 0) is 5.75 Å². The molecule has 0 unspecified atom stereocenters. The van der Waals surface area contributed by atoms with Crippen LogP contribution in [0.1, 0.15) is 22.0 Å². The Balaban J connectivity index is 1.42. The standard InChI is InChI=1S/C22H18N4O3S2/c1-11-4-6-14(7-5-11)17-13(3)31-21-18(17)19(27)23-16(24-21)10-30-22-26-25-20(29-22)15-8-9-28-12(15)2/h4-9H,10H2,1-3H3,(H,23,24,27). The summed E-state index contributed by atoms with van der Waals surface area (Å²) in [4.78, 5) is 22.3. The number of hydrogen-bond acceptors (Lipinski definition) is 8. The molecule has 0 atom stereocenters. The van der Waals surface area contributed by atoms with Crippen molar-refractivity contribution >= 4 is 33.3 Å². The zero-order chi connectivity index (χ0) is 21.5. The van der Waals surface area contributed by atoms with Gasteiger partial charge in [-0.15, -0.1) is 21.5 Å². The van der Waals surface area contributed by atoms with Crippen LogP contribution in [0.25, 0.3) is 32.8 Å². The quantitative estimate of drug-likeness (QED) is 0.352. The van der Waals surface area contributed by atoms with E-state index in [1.165, 1.54) is 28.7 Å². The number of furan rings is 1. The normalized spacial score (nSPS) is 11.5. The van der Waals surface area contributed by atoms with Gasteiger partial charge in [-0.3, -0.25) is 4.79 Å². The number of nitrogens with zero attached hydrogens (tertiary/aromatic N) is 3. The molecule has 1 N–H and O–H groups in total. The van der Waals surface area contributed by atoms with Gasteiger partial charge in [-0.25, -0.2) is 4.98 Å². The highest BCUT2D eigenvalue weighted by Gasteiger charge is 2.18.